The quantitative estimate of drug-likeness (QED) is 0.918. The molecule has 2 N–H and O–H groups in total. The molecule has 0 fully saturated rings. The zero-order valence-corrected chi connectivity index (χ0v) is 14.1. The molecule has 1 aliphatic carbocycles. The number of benzene rings is 1. The molecule has 0 aliphatic heterocycles. The summed E-state index contributed by atoms with van der Waals surface area (Å²) in [5.41, 5.74) is 8.41. The molecular weight excluding hydrogens is 314 g/mol. The molecule has 1 amide bonds. The molecular formula is C17H18ClN3O2. The summed E-state index contributed by atoms with van der Waals surface area (Å²) in [6.07, 6.45) is 1.25. The third-order valence-electron chi connectivity index (χ3n) is 4.18. The number of amides is 1. The first-order chi connectivity index (χ1) is 10.7. The fourth-order valence-electron chi connectivity index (χ4n) is 3.17. The molecule has 23 heavy (non-hydrogen) atoms. The Kier molecular flexibility index (Phi) is 3.56. The van der Waals surface area contributed by atoms with Crippen LogP contribution in [0.1, 0.15) is 52.4 Å². The SMILES string of the molecule is Cc1nn(-c2ccc(C(N)=O)cc2Cl)c2c1C(=O)CC(C)(C)C2. The van der Waals surface area contributed by atoms with Gasteiger partial charge in [-0.1, -0.05) is 25.4 Å². The van der Waals surface area contributed by atoms with Gasteiger partial charge in [-0.3, -0.25) is 9.59 Å². The van der Waals surface area contributed by atoms with Crippen molar-refractivity contribution in [3.8, 4) is 5.69 Å². The Labute approximate surface area is 139 Å². The lowest BCUT2D eigenvalue weighted by molar-refractivity contribution is 0.0909. The van der Waals surface area contributed by atoms with Gasteiger partial charge < -0.3 is 5.73 Å². The fraction of sp³-hybridized carbons (Fsp3) is 0.353. The van der Waals surface area contributed by atoms with Crippen LogP contribution in [0.25, 0.3) is 5.69 Å². The zero-order valence-electron chi connectivity index (χ0n) is 13.3. The Bertz CT molecular complexity index is 837. The van der Waals surface area contributed by atoms with Gasteiger partial charge in [-0.15, -0.1) is 0 Å². The lowest BCUT2D eigenvalue weighted by Gasteiger charge is -2.29. The highest BCUT2D eigenvalue weighted by molar-refractivity contribution is 6.32. The van der Waals surface area contributed by atoms with Gasteiger partial charge in [0.05, 0.1) is 27.7 Å². The van der Waals surface area contributed by atoms with Crippen molar-refractivity contribution in [2.75, 3.05) is 0 Å². The summed E-state index contributed by atoms with van der Waals surface area (Å²) in [4.78, 5) is 23.7. The molecule has 1 aromatic carbocycles. The fourth-order valence-corrected chi connectivity index (χ4v) is 3.43. The molecule has 0 saturated carbocycles. The van der Waals surface area contributed by atoms with Gasteiger partial charge in [0.2, 0.25) is 5.91 Å². The molecule has 0 bridgehead atoms. The van der Waals surface area contributed by atoms with Crippen molar-refractivity contribution in [3.63, 3.8) is 0 Å². The van der Waals surface area contributed by atoms with Crippen LogP contribution in [0.2, 0.25) is 5.02 Å². The van der Waals surface area contributed by atoms with Crippen molar-refractivity contribution >= 4 is 23.3 Å². The van der Waals surface area contributed by atoms with E-state index in [2.05, 4.69) is 18.9 Å². The first-order valence-corrected chi connectivity index (χ1v) is 7.79. The Morgan fingerprint density at radius 1 is 1.35 bits per heavy atom. The first kappa shape index (κ1) is 15.7. The van der Waals surface area contributed by atoms with Crippen LogP contribution in [-0.4, -0.2) is 21.5 Å². The number of aryl methyl sites for hydroxylation is 1. The summed E-state index contributed by atoms with van der Waals surface area (Å²) in [6.45, 7) is 5.97. The number of hydrogen-bond acceptors (Lipinski definition) is 3. The molecule has 1 heterocycles. The topological polar surface area (TPSA) is 78.0 Å². The van der Waals surface area contributed by atoms with Crippen LogP contribution in [0.5, 0.6) is 0 Å². The Morgan fingerprint density at radius 3 is 2.65 bits per heavy atom. The van der Waals surface area contributed by atoms with Gasteiger partial charge in [-0.05, 0) is 37.0 Å². The van der Waals surface area contributed by atoms with Gasteiger partial charge in [-0.2, -0.15) is 5.10 Å². The Balaban J connectivity index is 2.18. The maximum atomic E-state index is 12.4. The van der Waals surface area contributed by atoms with E-state index in [1.165, 1.54) is 6.07 Å². The van der Waals surface area contributed by atoms with Crippen LogP contribution in [-0.2, 0) is 6.42 Å². The third-order valence-corrected chi connectivity index (χ3v) is 4.48. The van der Waals surface area contributed by atoms with Crippen molar-refractivity contribution in [1.29, 1.82) is 0 Å². The van der Waals surface area contributed by atoms with E-state index >= 15 is 0 Å². The van der Waals surface area contributed by atoms with E-state index in [4.69, 9.17) is 17.3 Å². The normalized spacial score (nSPS) is 16.3. The van der Waals surface area contributed by atoms with Gasteiger partial charge in [0.15, 0.2) is 5.78 Å². The summed E-state index contributed by atoms with van der Waals surface area (Å²) >= 11 is 6.31. The molecule has 3 rings (SSSR count). The molecule has 120 valence electrons. The maximum Gasteiger partial charge on any atom is 0.248 e. The third kappa shape index (κ3) is 2.65. The van der Waals surface area contributed by atoms with Crippen molar-refractivity contribution in [3.05, 3.63) is 45.7 Å². The van der Waals surface area contributed by atoms with E-state index in [1.807, 2.05) is 6.92 Å². The molecule has 0 spiro atoms. The number of nitrogens with zero attached hydrogens (tertiary/aromatic N) is 2. The number of aromatic nitrogens is 2. The van der Waals surface area contributed by atoms with E-state index in [-0.39, 0.29) is 11.2 Å². The number of halogens is 1. The van der Waals surface area contributed by atoms with E-state index in [0.29, 0.717) is 34.0 Å². The van der Waals surface area contributed by atoms with Gasteiger partial charge in [0.25, 0.3) is 0 Å². The second-order valence-corrected chi connectivity index (χ2v) is 7.20. The van der Waals surface area contributed by atoms with Crippen molar-refractivity contribution in [2.45, 2.75) is 33.6 Å². The molecule has 0 radical (unpaired) electrons. The molecule has 0 atom stereocenters. The first-order valence-electron chi connectivity index (χ1n) is 7.41. The van der Waals surface area contributed by atoms with Gasteiger partial charge in [0, 0.05) is 12.0 Å². The van der Waals surface area contributed by atoms with Crippen LogP contribution < -0.4 is 5.73 Å². The summed E-state index contributed by atoms with van der Waals surface area (Å²) in [6, 6.07) is 4.85. The molecule has 5 nitrogen and oxygen atoms in total. The van der Waals surface area contributed by atoms with Gasteiger partial charge in [0.1, 0.15) is 0 Å². The summed E-state index contributed by atoms with van der Waals surface area (Å²) < 4.78 is 1.72. The molecule has 2 aromatic rings. The largest absolute Gasteiger partial charge is 0.366 e. The van der Waals surface area contributed by atoms with Crippen LogP contribution in [0, 0.1) is 12.3 Å². The predicted octanol–water partition coefficient (Wildman–Crippen LogP) is 3.09. The number of ketones is 1. The second-order valence-electron chi connectivity index (χ2n) is 6.79. The number of carbonyl (C=O) groups excluding carboxylic acids is 2. The van der Waals surface area contributed by atoms with E-state index in [0.717, 1.165) is 12.1 Å². The minimum atomic E-state index is -0.534. The number of fused-ring (bicyclic) bond motifs is 1. The smallest absolute Gasteiger partial charge is 0.248 e. The number of primary amides is 1. The Morgan fingerprint density at radius 2 is 2.04 bits per heavy atom. The Hall–Kier alpha value is -2.14. The maximum absolute atomic E-state index is 12.4. The predicted molar refractivity (Wildman–Crippen MR) is 88.3 cm³/mol. The standard InChI is InChI=1S/C17H18ClN3O2/c1-9-15-13(7-17(2,3)8-14(15)22)21(20-9)12-5-4-10(16(19)23)6-11(12)18/h4-6H,7-8H2,1-3H3,(H2,19,23). The van der Waals surface area contributed by atoms with Crippen molar-refractivity contribution in [2.24, 2.45) is 11.1 Å². The van der Waals surface area contributed by atoms with E-state index < -0.39 is 5.91 Å². The molecule has 6 heteroatoms. The van der Waals surface area contributed by atoms with Crippen molar-refractivity contribution < 1.29 is 9.59 Å². The van der Waals surface area contributed by atoms with E-state index in [9.17, 15) is 9.59 Å². The summed E-state index contributed by atoms with van der Waals surface area (Å²) in [5.74, 6) is -0.418. The number of carbonyl (C=O) groups is 2. The summed E-state index contributed by atoms with van der Waals surface area (Å²) in [5, 5.41) is 4.89. The van der Waals surface area contributed by atoms with E-state index in [1.54, 1.807) is 16.8 Å². The van der Waals surface area contributed by atoms with Crippen molar-refractivity contribution in [1.82, 2.24) is 9.78 Å². The highest BCUT2D eigenvalue weighted by Crippen LogP contribution is 2.37. The highest BCUT2D eigenvalue weighted by atomic mass is 35.5. The minimum absolute atomic E-state index is 0.116. The monoisotopic (exact) mass is 331 g/mol. The van der Waals surface area contributed by atoms with Crippen LogP contribution in [0.3, 0.4) is 0 Å². The lowest BCUT2D eigenvalue weighted by Crippen LogP contribution is -2.28. The van der Waals surface area contributed by atoms with Gasteiger partial charge >= 0.3 is 0 Å². The molecule has 1 aliphatic rings. The molecule has 0 unspecified atom stereocenters. The average Bonchev–Trinajstić information content (AvgIpc) is 2.73. The number of rotatable bonds is 2. The van der Waals surface area contributed by atoms with Gasteiger partial charge in [-0.25, -0.2) is 4.68 Å². The van der Waals surface area contributed by atoms with Crippen LogP contribution in [0.15, 0.2) is 18.2 Å². The van der Waals surface area contributed by atoms with Crippen LogP contribution >= 0.6 is 11.6 Å². The zero-order chi connectivity index (χ0) is 16.9. The number of Topliss-reactive ketones (excluding diaryl/α,β-unsaturated/α-hetero) is 1. The van der Waals surface area contributed by atoms with Crippen LogP contribution in [0.4, 0.5) is 0 Å². The minimum Gasteiger partial charge on any atom is -0.366 e. The average molecular weight is 332 g/mol. The number of nitrogens with two attached hydrogens (primary N) is 1. The lowest BCUT2D eigenvalue weighted by atomic mass is 9.75. The number of hydrogen-bond donors (Lipinski definition) is 1. The highest BCUT2D eigenvalue weighted by Gasteiger charge is 2.36. The summed E-state index contributed by atoms with van der Waals surface area (Å²) in [7, 11) is 0. The molecule has 0 saturated heterocycles. The second kappa shape index (κ2) is 5.20. The molecule has 1 aromatic heterocycles.